The highest BCUT2D eigenvalue weighted by atomic mass is 35.5. The van der Waals surface area contributed by atoms with Crippen LogP contribution in [0, 0.1) is 0 Å². The minimum atomic E-state index is 0.726. The van der Waals surface area contributed by atoms with E-state index >= 15 is 0 Å². The lowest BCUT2D eigenvalue weighted by Crippen LogP contribution is -1.88. The van der Waals surface area contributed by atoms with Crippen LogP contribution >= 0.6 is 35.0 Å². The third kappa shape index (κ3) is 4.26. The average molecular weight is 235 g/mol. The second-order valence-corrected chi connectivity index (χ2v) is 4.99. The third-order valence-corrected chi connectivity index (χ3v) is 3.00. The third-order valence-electron chi connectivity index (χ3n) is 1.66. The van der Waals surface area contributed by atoms with Crippen molar-refractivity contribution in [1.29, 1.82) is 0 Å². The van der Waals surface area contributed by atoms with E-state index in [1.54, 1.807) is 6.07 Å². The Morgan fingerprint density at radius 1 is 1.15 bits per heavy atom. The van der Waals surface area contributed by atoms with Crippen molar-refractivity contribution in [1.82, 2.24) is 0 Å². The summed E-state index contributed by atoms with van der Waals surface area (Å²) in [7, 11) is 0. The van der Waals surface area contributed by atoms with Gasteiger partial charge in [0.25, 0.3) is 0 Å². The maximum absolute atomic E-state index is 5.87. The van der Waals surface area contributed by atoms with Gasteiger partial charge in [0.2, 0.25) is 0 Å². The first-order chi connectivity index (χ1) is 6.22. The van der Waals surface area contributed by atoms with Gasteiger partial charge in [-0.3, -0.25) is 0 Å². The van der Waals surface area contributed by atoms with Crippen molar-refractivity contribution in [2.45, 2.75) is 13.3 Å². The molecule has 1 aromatic carbocycles. The van der Waals surface area contributed by atoms with E-state index < -0.39 is 0 Å². The summed E-state index contributed by atoms with van der Waals surface area (Å²) < 4.78 is 0. The molecule has 0 atom stereocenters. The van der Waals surface area contributed by atoms with Gasteiger partial charge in [0.05, 0.1) is 0 Å². The van der Waals surface area contributed by atoms with Gasteiger partial charge in [-0.15, -0.1) is 0 Å². The second kappa shape index (κ2) is 5.79. The molecular weight excluding hydrogens is 223 g/mol. The molecule has 72 valence electrons. The van der Waals surface area contributed by atoms with Crippen LogP contribution in [0.4, 0.5) is 0 Å². The molecular formula is C10H12Cl2S. The van der Waals surface area contributed by atoms with Gasteiger partial charge in [0, 0.05) is 10.0 Å². The highest BCUT2D eigenvalue weighted by Crippen LogP contribution is 2.20. The minimum Gasteiger partial charge on any atom is -0.162 e. The fourth-order valence-electron chi connectivity index (χ4n) is 1.09. The van der Waals surface area contributed by atoms with E-state index in [0.29, 0.717) is 0 Å². The zero-order chi connectivity index (χ0) is 9.68. The smallest absolute Gasteiger partial charge is 0.0423 e. The number of benzene rings is 1. The molecule has 0 amide bonds. The van der Waals surface area contributed by atoms with Crippen LogP contribution in [0.15, 0.2) is 18.2 Å². The van der Waals surface area contributed by atoms with Crippen molar-refractivity contribution in [3.63, 3.8) is 0 Å². The van der Waals surface area contributed by atoms with E-state index in [2.05, 4.69) is 6.92 Å². The molecule has 0 N–H and O–H groups in total. The van der Waals surface area contributed by atoms with Crippen molar-refractivity contribution in [3.05, 3.63) is 33.8 Å². The predicted octanol–water partition coefficient (Wildman–Crippen LogP) is 4.29. The minimum absolute atomic E-state index is 0.726. The van der Waals surface area contributed by atoms with Gasteiger partial charge in [-0.1, -0.05) is 30.1 Å². The molecule has 0 radical (unpaired) electrons. The molecule has 0 aliphatic heterocycles. The van der Waals surface area contributed by atoms with Crippen molar-refractivity contribution >= 4 is 35.0 Å². The van der Waals surface area contributed by atoms with E-state index in [1.807, 2.05) is 23.9 Å². The Labute approximate surface area is 93.6 Å². The molecule has 3 heteroatoms. The fraction of sp³-hybridized carbons (Fsp3) is 0.400. The number of hydrogen-bond acceptors (Lipinski definition) is 1. The number of aryl methyl sites for hydroxylation is 1. The van der Waals surface area contributed by atoms with E-state index in [4.69, 9.17) is 23.2 Å². The van der Waals surface area contributed by atoms with Gasteiger partial charge >= 0.3 is 0 Å². The first-order valence-corrected chi connectivity index (χ1v) is 6.16. The van der Waals surface area contributed by atoms with Gasteiger partial charge in [-0.25, -0.2) is 0 Å². The highest BCUT2D eigenvalue weighted by molar-refractivity contribution is 7.99. The van der Waals surface area contributed by atoms with Crippen LogP contribution in [0.1, 0.15) is 12.5 Å². The lowest BCUT2D eigenvalue weighted by Gasteiger charge is -2.02. The molecule has 0 heterocycles. The zero-order valence-corrected chi connectivity index (χ0v) is 9.85. The molecule has 0 unspecified atom stereocenters. The number of hydrogen-bond donors (Lipinski definition) is 0. The van der Waals surface area contributed by atoms with Gasteiger partial charge < -0.3 is 0 Å². The Hall–Kier alpha value is 0.150. The Morgan fingerprint density at radius 3 is 2.31 bits per heavy atom. The van der Waals surface area contributed by atoms with E-state index in [9.17, 15) is 0 Å². The quantitative estimate of drug-likeness (QED) is 0.701. The summed E-state index contributed by atoms with van der Waals surface area (Å²) in [6.45, 7) is 2.16. The van der Waals surface area contributed by atoms with Crippen LogP contribution in [-0.4, -0.2) is 11.5 Å². The lowest BCUT2D eigenvalue weighted by molar-refractivity contribution is 1.16. The molecule has 0 fully saturated rings. The molecule has 0 aliphatic carbocycles. The number of rotatable bonds is 4. The van der Waals surface area contributed by atoms with Gasteiger partial charge in [0.1, 0.15) is 0 Å². The molecule has 0 nitrogen and oxygen atoms in total. The molecule has 0 aromatic heterocycles. The maximum atomic E-state index is 5.87. The van der Waals surface area contributed by atoms with Crippen LogP contribution in [0.2, 0.25) is 10.0 Å². The van der Waals surface area contributed by atoms with Gasteiger partial charge in [0.15, 0.2) is 0 Å². The Kier molecular flexibility index (Phi) is 5.00. The molecule has 13 heavy (non-hydrogen) atoms. The van der Waals surface area contributed by atoms with Crippen molar-refractivity contribution < 1.29 is 0 Å². The SMILES string of the molecule is CCSCCc1cc(Cl)cc(Cl)c1. The molecule has 0 saturated carbocycles. The Bertz CT molecular complexity index is 253. The molecule has 1 rings (SSSR count). The van der Waals surface area contributed by atoms with E-state index in [1.165, 1.54) is 5.56 Å². The summed E-state index contributed by atoms with van der Waals surface area (Å²) in [5.41, 5.74) is 1.22. The summed E-state index contributed by atoms with van der Waals surface area (Å²) >= 11 is 13.7. The monoisotopic (exact) mass is 234 g/mol. The summed E-state index contributed by atoms with van der Waals surface area (Å²) in [6, 6.07) is 5.72. The largest absolute Gasteiger partial charge is 0.162 e. The van der Waals surface area contributed by atoms with Gasteiger partial charge in [-0.2, -0.15) is 11.8 Å². The Balaban J connectivity index is 2.56. The van der Waals surface area contributed by atoms with Crippen LogP contribution in [0.25, 0.3) is 0 Å². The highest BCUT2D eigenvalue weighted by Gasteiger charge is 1.97. The standard InChI is InChI=1S/C10H12Cl2S/c1-2-13-4-3-8-5-9(11)7-10(12)6-8/h5-7H,2-4H2,1H3. The maximum Gasteiger partial charge on any atom is 0.0423 e. The fourth-order valence-corrected chi connectivity index (χ4v) is 2.33. The average Bonchev–Trinajstić information content (AvgIpc) is 2.03. The number of thioether (sulfide) groups is 1. The second-order valence-electron chi connectivity index (χ2n) is 2.72. The van der Waals surface area contributed by atoms with Gasteiger partial charge in [-0.05, 0) is 41.7 Å². The van der Waals surface area contributed by atoms with E-state index in [-0.39, 0.29) is 0 Å². The first kappa shape index (κ1) is 11.2. The van der Waals surface area contributed by atoms with Crippen LogP contribution < -0.4 is 0 Å². The van der Waals surface area contributed by atoms with Crippen LogP contribution in [0.3, 0.4) is 0 Å². The summed E-state index contributed by atoms with van der Waals surface area (Å²) in [6.07, 6.45) is 1.04. The van der Waals surface area contributed by atoms with E-state index in [0.717, 1.165) is 28.0 Å². The summed E-state index contributed by atoms with van der Waals surface area (Å²) in [5, 5.41) is 1.45. The molecule has 1 aromatic rings. The Morgan fingerprint density at radius 2 is 1.77 bits per heavy atom. The predicted molar refractivity (Wildman–Crippen MR) is 63.2 cm³/mol. The summed E-state index contributed by atoms with van der Waals surface area (Å²) in [5.74, 6) is 2.29. The van der Waals surface area contributed by atoms with Crippen molar-refractivity contribution in [3.8, 4) is 0 Å². The molecule has 0 aliphatic rings. The lowest BCUT2D eigenvalue weighted by atomic mass is 10.2. The number of halogens is 2. The van der Waals surface area contributed by atoms with Crippen molar-refractivity contribution in [2.75, 3.05) is 11.5 Å². The van der Waals surface area contributed by atoms with Crippen LogP contribution in [-0.2, 0) is 6.42 Å². The van der Waals surface area contributed by atoms with Crippen LogP contribution in [0.5, 0.6) is 0 Å². The first-order valence-electron chi connectivity index (χ1n) is 4.25. The molecule has 0 saturated heterocycles. The molecule has 0 bridgehead atoms. The zero-order valence-electron chi connectivity index (χ0n) is 7.52. The molecule has 0 spiro atoms. The summed E-state index contributed by atoms with van der Waals surface area (Å²) in [4.78, 5) is 0. The topological polar surface area (TPSA) is 0 Å². The normalized spacial score (nSPS) is 10.4. The van der Waals surface area contributed by atoms with Crippen molar-refractivity contribution in [2.24, 2.45) is 0 Å².